The lowest BCUT2D eigenvalue weighted by atomic mass is 10.3. The largest absolute Gasteiger partial charge is 0.345 e. The maximum absolute atomic E-state index is 6.00. The highest BCUT2D eigenvalue weighted by molar-refractivity contribution is 8.14. The van der Waals surface area contributed by atoms with E-state index in [0.717, 1.165) is 31.8 Å². The molecule has 0 bridgehead atoms. The third-order valence-electron chi connectivity index (χ3n) is 2.18. The van der Waals surface area contributed by atoms with E-state index in [1.807, 2.05) is 18.1 Å². The number of aliphatic imine (C=N–C) groups is 2. The second-order valence-electron chi connectivity index (χ2n) is 3.15. The predicted molar refractivity (Wildman–Crippen MR) is 57.4 cm³/mol. The summed E-state index contributed by atoms with van der Waals surface area (Å²) in [6, 6.07) is 0. The summed E-state index contributed by atoms with van der Waals surface area (Å²) in [7, 11) is 0. The van der Waals surface area contributed by atoms with Crippen LogP contribution in [-0.2, 0) is 0 Å². The molecule has 5 heteroatoms. The van der Waals surface area contributed by atoms with Crippen LogP contribution in [0.1, 0.15) is 6.42 Å². The molecule has 0 aliphatic carbocycles. The van der Waals surface area contributed by atoms with Crippen LogP contribution in [0.2, 0.25) is 0 Å². The van der Waals surface area contributed by atoms with E-state index >= 15 is 0 Å². The van der Waals surface area contributed by atoms with Gasteiger partial charge in [0.1, 0.15) is 0 Å². The summed E-state index contributed by atoms with van der Waals surface area (Å²) in [5, 5.41) is 1.20. The van der Waals surface area contributed by atoms with Gasteiger partial charge in [0.05, 0.1) is 24.1 Å². The second-order valence-corrected chi connectivity index (χ2v) is 4.32. The average molecular weight is 198 g/mol. The molecule has 0 radical (unpaired) electrons. The van der Waals surface area contributed by atoms with Crippen molar-refractivity contribution in [2.24, 2.45) is 15.7 Å². The van der Waals surface area contributed by atoms with Gasteiger partial charge in [-0.1, -0.05) is 0 Å². The molecule has 2 aliphatic rings. The SMILES string of the molecule is NC(CC1=NCCS1)N1C=NCC1. The molecule has 2 rings (SSSR count). The van der Waals surface area contributed by atoms with Gasteiger partial charge in [0.25, 0.3) is 0 Å². The van der Waals surface area contributed by atoms with E-state index < -0.39 is 0 Å². The Morgan fingerprint density at radius 1 is 1.62 bits per heavy atom. The van der Waals surface area contributed by atoms with Crippen molar-refractivity contribution in [2.75, 3.05) is 25.4 Å². The fraction of sp³-hybridized carbons (Fsp3) is 0.750. The van der Waals surface area contributed by atoms with Gasteiger partial charge in [-0.15, -0.1) is 11.8 Å². The van der Waals surface area contributed by atoms with Crippen LogP contribution in [-0.4, -0.2) is 47.8 Å². The Morgan fingerprint density at radius 3 is 3.15 bits per heavy atom. The summed E-state index contributed by atoms with van der Waals surface area (Å²) in [5.41, 5.74) is 6.00. The molecular weight excluding hydrogens is 184 g/mol. The summed E-state index contributed by atoms with van der Waals surface area (Å²) in [6.45, 7) is 2.80. The number of thioether (sulfide) groups is 1. The first-order valence-electron chi connectivity index (χ1n) is 4.53. The van der Waals surface area contributed by atoms with Crippen LogP contribution < -0.4 is 5.73 Å². The molecule has 1 atom stereocenters. The van der Waals surface area contributed by atoms with E-state index in [4.69, 9.17) is 5.73 Å². The summed E-state index contributed by atoms with van der Waals surface area (Å²) < 4.78 is 0. The Labute approximate surface area is 82.3 Å². The first-order chi connectivity index (χ1) is 6.36. The van der Waals surface area contributed by atoms with Crippen LogP contribution in [0.4, 0.5) is 0 Å². The monoisotopic (exact) mass is 198 g/mol. The minimum absolute atomic E-state index is 0.0654. The Bertz CT molecular complexity index is 238. The average Bonchev–Trinajstić information content (AvgIpc) is 2.74. The van der Waals surface area contributed by atoms with E-state index in [1.165, 1.54) is 5.04 Å². The summed E-state index contributed by atoms with van der Waals surface area (Å²) in [5.74, 6) is 1.12. The van der Waals surface area contributed by atoms with Crippen LogP contribution in [0, 0.1) is 0 Å². The minimum atomic E-state index is 0.0654. The first-order valence-corrected chi connectivity index (χ1v) is 5.52. The Morgan fingerprint density at radius 2 is 2.54 bits per heavy atom. The normalized spacial score (nSPS) is 23.8. The molecular formula is C8H14N4S. The fourth-order valence-corrected chi connectivity index (χ4v) is 2.33. The van der Waals surface area contributed by atoms with Gasteiger partial charge in [0.15, 0.2) is 0 Å². The zero-order valence-electron chi connectivity index (χ0n) is 7.52. The van der Waals surface area contributed by atoms with Gasteiger partial charge in [-0.05, 0) is 0 Å². The molecule has 4 nitrogen and oxygen atoms in total. The molecule has 0 aromatic rings. The van der Waals surface area contributed by atoms with Crippen molar-refractivity contribution in [1.29, 1.82) is 0 Å². The molecule has 2 N–H and O–H groups in total. The van der Waals surface area contributed by atoms with E-state index in [0.29, 0.717) is 0 Å². The quantitative estimate of drug-likeness (QED) is 0.702. The lowest BCUT2D eigenvalue weighted by Gasteiger charge is -2.22. The van der Waals surface area contributed by atoms with Gasteiger partial charge >= 0.3 is 0 Å². The van der Waals surface area contributed by atoms with Gasteiger partial charge in [-0.2, -0.15) is 0 Å². The maximum Gasteiger partial charge on any atom is 0.0863 e. The van der Waals surface area contributed by atoms with Crippen LogP contribution >= 0.6 is 11.8 Å². The highest BCUT2D eigenvalue weighted by Crippen LogP contribution is 2.16. The molecule has 0 saturated carbocycles. The van der Waals surface area contributed by atoms with Crippen molar-refractivity contribution in [3.63, 3.8) is 0 Å². The molecule has 0 aromatic carbocycles. The lowest BCUT2D eigenvalue weighted by Crippen LogP contribution is -2.41. The Balaban J connectivity index is 1.83. The van der Waals surface area contributed by atoms with Crippen molar-refractivity contribution in [3.05, 3.63) is 0 Å². The molecule has 0 amide bonds. The number of nitrogens with zero attached hydrogens (tertiary/aromatic N) is 3. The van der Waals surface area contributed by atoms with Crippen molar-refractivity contribution >= 4 is 23.1 Å². The van der Waals surface area contributed by atoms with E-state index in [1.54, 1.807) is 0 Å². The predicted octanol–water partition coefficient (Wildman–Crippen LogP) is 0.150. The standard InChI is InChI=1S/C8H14N4S/c9-7(12-3-1-10-6-12)5-8-11-2-4-13-8/h6-7H,1-5,9H2. The van der Waals surface area contributed by atoms with Crippen LogP contribution in [0.15, 0.2) is 9.98 Å². The number of nitrogens with two attached hydrogens (primary N) is 1. The Hall–Kier alpha value is -0.550. The van der Waals surface area contributed by atoms with Gasteiger partial charge < -0.3 is 10.6 Å². The summed E-state index contributed by atoms with van der Waals surface area (Å²) in [4.78, 5) is 10.6. The van der Waals surface area contributed by atoms with Crippen molar-refractivity contribution in [2.45, 2.75) is 12.6 Å². The van der Waals surface area contributed by atoms with Crippen molar-refractivity contribution < 1.29 is 0 Å². The maximum atomic E-state index is 6.00. The van der Waals surface area contributed by atoms with E-state index in [-0.39, 0.29) is 6.17 Å². The number of hydrogen-bond donors (Lipinski definition) is 1. The second kappa shape index (κ2) is 4.11. The number of hydrogen-bond acceptors (Lipinski definition) is 5. The molecule has 1 unspecified atom stereocenters. The van der Waals surface area contributed by atoms with Gasteiger partial charge in [-0.25, -0.2) is 0 Å². The van der Waals surface area contributed by atoms with E-state index in [2.05, 4.69) is 14.9 Å². The van der Waals surface area contributed by atoms with Crippen LogP contribution in [0.25, 0.3) is 0 Å². The number of rotatable bonds is 3. The zero-order valence-corrected chi connectivity index (χ0v) is 8.33. The summed E-state index contributed by atoms with van der Waals surface area (Å²) >= 11 is 1.83. The van der Waals surface area contributed by atoms with Crippen molar-refractivity contribution in [1.82, 2.24) is 4.90 Å². The molecule has 13 heavy (non-hydrogen) atoms. The Kier molecular flexibility index (Phi) is 2.85. The lowest BCUT2D eigenvalue weighted by molar-refractivity contribution is 0.360. The topological polar surface area (TPSA) is 54.0 Å². The molecule has 0 aromatic heterocycles. The smallest absolute Gasteiger partial charge is 0.0863 e. The summed E-state index contributed by atoms with van der Waals surface area (Å²) in [6.07, 6.45) is 2.79. The first kappa shape index (κ1) is 9.02. The molecule has 2 aliphatic heterocycles. The van der Waals surface area contributed by atoms with Gasteiger partial charge in [0.2, 0.25) is 0 Å². The van der Waals surface area contributed by atoms with Gasteiger partial charge in [0, 0.05) is 25.3 Å². The molecule has 2 heterocycles. The minimum Gasteiger partial charge on any atom is -0.345 e. The van der Waals surface area contributed by atoms with Crippen molar-refractivity contribution in [3.8, 4) is 0 Å². The van der Waals surface area contributed by atoms with Crippen LogP contribution in [0.5, 0.6) is 0 Å². The third kappa shape index (κ3) is 2.22. The highest BCUT2D eigenvalue weighted by Gasteiger charge is 2.17. The van der Waals surface area contributed by atoms with Gasteiger partial charge in [-0.3, -0.25) is 9.98 Å². The molecule has 72 valence electrons. The molecule has 0 saturated heterocycles. The molecule has 0 fully saturated rings. The zero-order chi connectivity index (χ0) is 9.10. The molecule has 0 spiro atoms. The third-order valence-corrected chi connectivity index (χ3v) is 3.19. The fourth-order valence-electron chi connectivity index (χ4n) is 1.44. The highest BCUT2D eigenvalue weighted by atomic mass is 32.2. The van der Waals surface area contributed by atoms with Crippen LogP contribution in [0.3, 0.4) is 0 Å². The van der Waals surface area contributed by atoms with E-state index in [9.17, 15) is 0 Å².